The molecule has 1 heterocycles. The third kappa shape index (κ3) is 4.41. The number of hydrogen-bond acceptors (Lipinski definition) is 4. The second kappa shape index (κ2) is 8.90. The second-order valence-electron chi connectivity index (χ2n) is 6.02. The van der Waals surface area contributed by atoms with E-state index in [1.165, 1.54) is 23.1 Å². The fourth-order valence-corrected chi connectivity index (χ4v) is 5.07. The lowest BCUT2D eigenvalue weighted by Crippen LogP contribution is -2.19. The number of anilines is 1. The molecule has 5 heteroatoms. The van der Waals surface area contributed by atoms with Crippen molar-refractivity contribution < 1.29 is 4.79 Å². The van der Waals surface area contributed by atoms with E-state index < -0.39 is 5.25 Å². The van der Waals surface area contributed by atoms with E-state index in [2.05, 4.69) is 11.4 Å². The maximum absolute atomic E-state index is 13.2. The zero-order valence-electron chi connectivity index (χ0n) is 15.2. The number of thiophene rings is 1. The van der Waals surface area contributed by atoms with Crippen molar-refractivity contribution in [2.24, 2.45) is 0 Å². The van der Waals surface area contributed by atoms with Gasteiger partial charge in [-0.25, -0.2) is 0 Å². The molecule has 136 valence electrons. The van der Waals surface area contributed by atoms with E-state index in [1.807, 2.05) is 74.5 Å². The predicted molar refractivity (Wildman–Crippen MR) is 113 cm³/mol. The Morgan fingerprint density at radius 2 is 1.78 bits per heavy atom. The largest absolute Gasteiger partial charge is 0.315 e. The average molecular weight is 393 g/mol. The van der Waals surface area contributed by atoms with Gasteiger partial charge in [0.25, 0.3) is 0 Å². The fourth-order valence-electron chi connectivity index (χ4n) is 2.92. The van der Waals surface area contributed by atoms with Crippen LogP contribution in [0.5, 0.6) is 0 Å². The Balaban J connectivity index is 1.91. The molecule has 0 saturated carbocycles. The molecule has 0 bridgehead atoms. The minimum Gasteiger partial charge on any atom is -0.315 e. The van der Waals surface area contributed by atoms with Gasteiger partial charge in [0.05, 0.1) is 5.56 Å². The van der Waals surface area contributed by atoms with Crippen LogP contribution in [0.25, 0.3) is 0 Å². The van der Waals surface area contributed by atoms with Crippen LogP contribution in [-0.4, -0.2) is 5.91 Å². The van der Waals surface area contributed by atoms with Gasteiger partial charge < -0.3 is 5.32 Å². The summed E-state index contributed by atoms with van der Waals surface area (Å²) in [5.74, 6) is -0.115. The SMILES string of the molecule is CCc1c(C)sc(NC(=O)C(Sc2ccccc2)c2ccccc2)c1C#N. The molecule has 2 aromatic carbocycles. The molecular weight excluding hydrogens is 372 g/mol. The maximum Gasteiger partial charge on any atom is 0.243 e. The third-order valence-electron chi connectivity index (χ3n) is 4.25. The Morgan fingerprint density at radius 3 is 2.37 bits per heavy atom. The number of nitrogens with zero attached hydrogens (tertiary/aromatic N) is 1. The number of nitrogens with one attached hydrogen (secondary N) is 1. The van der Waals surface area contributed by atoms with Gasteiger partial charge in [-0.05, 0) is 36.6 Å². The van der Waals surface area contributed by atoms with Crippen LogP contribution in [0.3, 0.4) is 0 Å². The summed E-state index contributed by atoms with van der Waals surface area (Å²) in [5.41, 5.74) is 2.54. The number of thioether (sulfide) groups is 1. The van der Waals surface area contributed by atoms with Crippen LogP contribution >= 0.6 is 23.1 Å². The molecule has 0 aliphatic carbocycles. The number of amides is 1. The van der Waals surface area contributed by atoms with E-state index in [4.69, 9.17) is 0 Å². The topological polar surface area (TPSA) is 52.9 Å². The summed E-state index contributed by atoms with van der Waals surface area (Å²) >= 11 is 2.98. The molecule has 1 atom stereocenters. The van der Waals surface area contributed by atoms with Crippen LogP contribution < -0.4 is 5.32 Å². The highest BCUT2D eigenvalue weighted by molar-refractivity contribution is 8.00. The minimum atomic E-state index is -0.396. The Hall–Kier alpha value is -2.55. The molecule has 1 N–H and O–H groups in total. The molecule has 3 aromatic rings. The number of rotatable bonds is 6. The molecule has 0 aliphatic heterocycles. The Labute approximate surface area is 168 Å². The molecule has 3 rings (SSSR count). The molecule has 0 saturated heterocycles. The molecule has 1 aromatic heterocycles. The van der Waals surface area contributed by atoms with E-state index in [0.29, 0.717) is 10.6 Å². The van der Waals surface area contributed by atoms with Crippen molar-refractivity contribution in [3.63, 3.8) is 0 Å². The van der Waals surface area contributed by atoms with E-state index in [0.717, 1.165) is 27.3 Å². The van der Waals surface area contributed by atoms with Gasteiger partial charge in [0.2, 0.25) is 5.91 Å². The second-order valence-corrected chi connectivity index (χ2v) is 8.42. The van der Waals surface area contributed by atoms with E-state index in [-0.39, 0.29) is 5.91 Å². The van der Waals surface area contributed by atoms with Crippen molar-refractivity contribution >= 4 is 34.0 Å². The zero-order chi connectivity index (χ0) is 19.2. The van der Waals surface area contributed by atoms with Crippen molar-refractivity contribution in [2.45, 2.75) is 30.4 Å². The number of hydrogen-bond donors (Lipinski definition) is 1. The number of nitriles is 1. The summed E-state index contributed by atoms with van der Waals surface area (Å²) in [6, 6.07) is 21.9. The molecule has 3 nitrogen and oxygen atoms in total. The summed E-state index contributed by atoms with van der Waals surface area (Å²) < 4.78 is 0. The van der Waals surface area contributed by atoms with E-state index >= 15 is 0 Å². The molecule has 0 fully saturated rings. The first-order valence-corrected chi connectivity index (χ1v) is 10.4. The number of carbonyl (C=O) groups excluding carboxylic acids is 1. The number of carbonyl (C=O) groups is 1. The van der Waals surface area contributed by atoms with Crippen LogP contribution in [0.4, 0.5) is 5.00 Å². The Kier molecular flexibility index (Phi) is 6.33. The average Bonchev–Trinajstić information content (AvgIpc) is 3.01. The molecule has 1 amide bonds. The normalized spacial score (nSPS) is 11.6. The van der Waals surface area contributed by atoms with Crippen molar-refractivity contribution in [1.82, 2.24) is 0 Å². The van der Waals surface area contributed by atoms with Crippen LogP contribution in [0.1, 0.15) is 33.7 Å². The summed E-state index contributed by atoms with van der Waals surface area (Å²) in [5, 5.41) is 12.8. The summed E-state index contributed by atoms with van der Waals surface area (Å²) in [6.45, 7) is 4.02. The molecule has 1 unspecified atom stereocenters. The lowest BCUT2D eigenvalue weighted by atomic mass is 10.1. The van der Waals surface area contributed by atoms with Crippen LogP contribution in [-0.2, 0) is 11.2 Å². The summed E-state index contributed by atoms with van der Waals surface area (Å²) in [6.07, 6.45) is 0.780. The molecule has 0 aliphatic rings. The van der Waals surface area contributed by atoms with Crippen molar-refractivity contribution in [1.29, 1.82) is 5.26 Å². The monoisotopic (exact) mass is 392 g/mol. The first kappa shape index (κ1) is 19.2. The maximum atomic E-state index is 13.2. The van der Waals surface area contributed by atoms with Gasteiger partial charge in [0.15, 0.2) is 0 Å². The van der Waals surface area contributed by atoms with Crippen LogP contribution in [0, 0.1) is 18.3 Å². The van der Waals surface area contributed by atoms with Gasteiger partial charge in [-0.2, -0.15) is 5.26 Å². The van der Waals surface area contributed by atoms with Crippen molar-refractivity contribution in [3.05, 3.63) is 82.2 Å². The highest BCUT2D eigenvalue weighted by atomic mass is 32.2. The Morgan fingerprint density at radius 1 is 1.15 bits per heavy atom. The lowest BCUT2D eigenvalue weighted by molar-refractivity contribution is -0.115. The van der Waals surface area contributed by atoms with E-state index in [1.54, 1.807) is 0 Å². The summed E-state index contributed by atoms with van der Waals surface area (Å²) in [7, 11) is 0. The fraction of sp³-hybridized carbons (Fsp3) is 0.182. The van der Waals surface area contributed by atoms with Crippen molar-refractivity contribution in [3.8, 4) is 6.07 Å². The van der Waals surface area contributed by atoms with Gasteiger partial charge in [-0.15, -0.1) is 23.1 Å². The van der Waals surface area contributed by atoms with Gasteiger partial charge in [0, 0.05) is 9.77 Å². The standard InChI is InChI=1S/C22H20N2OS2/c1-3-18-15(2)26-22(19(18)14-23)24-21(25)20(16-10-6-4-7-11-16)27-17-12-8-5-9-13-17/h4-13,20H,3H2,1-2H3,(H,24,25). The van der Waals surface area contributed by atoms with Gasteiger partial charge in [0.1, 0.15) is 16.3 Å². The van der Waals surface area contributed by atoms with Gasteiger partial charge >= 0.3 is 0 Å². The summed E-state index contributed by atoms with van der Waals surface area (Å²) in [4.78, 5) is 15.3. The number of benzene rings is 2. The lowest BCUT2D eigenvalue weighted by Gasteiger charge is -2.16. The Bertz CT molecular complexity index is 959. The third-order valence-corrected chi connectivity index (χ3v) is 6.58. The van der Waals surface area contributed by atoms with Crippen LogP contribution in [0.15, 0.2) is 65.6 Å². The zero-order valence-corrected chi connectivity index (χ0v) is 16.9. The molecule has 0 radical (unpaired) electrons. The molecule has 0 spiro atoms. The first-order valence-electron chi connectivity index (χ1n) is 8.74. The van der Waals surface area contributed by atoms with Gasteiger partial charge in [-0.1, -0.05) is 55.5 Å². The minimum absolute atomic E-state index is 0.115. The quantitative estimate of drug-likeness (QED) is 0.526. The molecule has 27 heavy (non-hydrogen) atoms. The highest BCUT2D eigenvalue weighted by Crippen LogP contribution is 2.38. The van der Waals surface area contributed by atoms with Crippen molar-refractivity contribution in [2.75, 3.05) is 5.32 Å². The smallest absolute Gasteiger partial charge is 0.243 e. The highest BCUT2D eigenvalue weighted by Gasteiger charge is 2.24. The number of aryl methyl sites for hydroxylation is 1. The predicted octanol–water partition coefficient (Wildman–Crippen LogP) is 5.96. The molecular formula is C22H20N2OS2. The first-order chi connectivity index (χ1) is 13.1. The van der Waals surface area contributed by atoms with E-state index in [9.17, 15) is 10.1 Å². The van der Waals surface area contributed by atoms with Crippen LogP contribution in [0.2, 0.25) is 0 Å². The van der Waals surface area contributed by atoms with Gasteiger partial charge in [-0.3, -0.25) is 4.79 Å².